The Kier molecular flexibility index (Phi) is 12.3. The van der Waals surface area contributed by atoms with Crippen molar-refractivity contribution in [3.8, 4) is 17.0 Å². The van der Waals surface area contributed by atoms with Crippen LogP contribution in [0.1, 0.15) is 97.0 Å². The predicted molar refractivity (Wildman–Crippen MR) is 130 cm³/mol. The number of rotatable bonds is 16. The van der Waals surface area contributed by atoms with Crippen molar-refractivity contribution < 1.29 is 4.74 Å². The summed E-state index contributed by atoms with van der Waals surface area (Å²) >= 11 is 0. The van der Waals surface area contributed by atoms with Gasteiger partial charge in [0.25, 0.3) is 0 Å². The van der Waals surface area contributed by atoms with Crippen LogP contribution in [0.25, 0.3) is 11.3 Å². The van der Waals surface area contributed by atoms with E-state index in [9.17, 15) is 0 Å². The zero-order valence-corrected chi connectivity index (χ0v) is 19.7. The molecule has 0 amide bonds. The van der Waals surface area contributed by atoms with Crippen LogP contribution in [-0.2, 0) is 6.42 Å². The molecular weight excluding hydrogens is 366 g/mol. The Bertz CT molecular complexity index is 697. The van der Waals surface area contributed by atoms with Gasteiger partial charge in [0, 0.05) is 11.8 Å². The van der Waals surface area contributed by atoms with Crippen molar-refractivity contribution >= 4 is 0 Å². The Morgan fingerprint density at radius 3 is 2.30 bits per heavy atom. The van der Waals surface area contributed by atoms with E-state index in [0.29, 0.717) is 5.92 Å². The van der Waals surface area contributed by atoms with Crippen LogP contribution in [0.3, 0.4) is 0 Å². The van der Waals surface area contributed by atoms with Gasteiger partial charge in [0.1, 0.15) is 5.75 Å². The second-order valence-corrected chi connectivity index (χ2v) is 8.77. The van der Waals surface area contributed by atoms with Crippen LogP contribution in [-0.4, -0.2) is 11.6 Å². The number of hydrogen-bond acceptors (Lipinski definition) is 2. The van der Waals surface area contributed by atoms with Gasteiger partial charge >= 0.3 is 0 Å². The maximum atomic E-state index is 6.12. The highest BCUT2D eigenvalue weighted by Gasteiger charge is 2.09. The first-order chi connectivity index (χ1) is 14.7. The largest absolute Gasteiger partial charge is 0.493 e. The molecule has 1 aromatic carbocycles. The first kappa shape index (κ1) is 24.4. The van der Waals surface area contributed by atoms with Gasteiger partial charge in [-0.05, 0) is 55.0 Å². The first-order valence-electron chi connectivity index (χ1n) is 12.4. The normalized spacial score (nSPS) is 12.1. The van der Waals surface area contributed by atoms with Gasteiger partial charge in [0.15, 0.2) is 0 Å². The van der Waals surface area contributed by atoms with E-state index in [-0.39, 0.29) is 0 Å². The Morgan fingerprint density at radius 1 is 0.867 bits per heavy atom. The zero-order valence-electron chi connectivity index (χ0n) is 19.7. The number of nitrogens with zero attached hydrogens (tertiary/aromatic N) is 1. The van der Waals surface area contributed by atoms with E-state index in [1.165, 1.54) is 69.8 Å². The highest BCUT2D eigenvalue weighted by atomic mass is 16.5. The quantitative estimate of drug-likeness (QED) is 0.259. The lowest BCUT2D eigenvalue weighted by Gasteiger charge is -2.13. The molecule has 0 saturated carbocycles. The fraction of sp³-hybridized carbons (Fsp3) is 0.607. The number of unbranched alkanes of at least 4 members (excludes halogenated alkanes) is 8. The topological polar surface area (TPSA) is 22.1 Å². The first-order valence-corrected chi connectivity index (χ1v) is 12.4. The van der Waals surface area contributed by atoms with Gasteiger partial charge in [0.05, 0.1) is 12.3 Å². The lowest BCUT2D eigenvalue weighted by Crippen LogP contribution is -2.04. The number of ether oxygens (including phenoxy) is 1. The molecule has 1 unspecified atom stereocenters. The Hall–Kier alpha value is -1.83. The molecule has 2 heteroatoms. The summed E-state index contributed by atoms with van der Waals surface area (Å²) in [7, 11) is 0. The molecule has 0 bridgehead atoms. The third-order valence-electron chi connectivity index (χ3n) is 6.12. The lowest BCUT2D eigenvalue weighted by atomic mass is 10.0. The second-order valence-electron chi connectivity index (χ2n) is 8.77. The van der Waals surface area contributed by atoms with Crippen LogP contribution < -0.4 is 4.74 Å². The molecule has 0 fully saturated rings. The van der Waals surface area contributed by atoms with E-state index in [1.54, 1.807) is 0 Å². The molecule has 1 aromatic heterocycles. The minimum absolute atomic E-state index is 0.704. The van der Waals surface area contributed by atoms with Crippen molar-refractivity contribution in [3.63, 3.8) is 0 Å². The molecule has 0 radical (unpaired) electrons. The molecular formula is C28H43NO. The maximum Gasteiger partial charge on any atom is 0.128 e. The monoisotopic (exact) mass is 409 g/mol. The number of pyridine rings is 1. The smallest absolute Gasteiger partial charge is 0.128 e. The predicted octanol–water partition coefficient (Wildman–Crippen LogP) is 8.64. The number of hydrogen-bond donors (Lipinski definition) is 0. The van der Waals surface area contributed by atoms with Crippen molar-refractivity contribution in [2.75, 3.05) is 6.61 Å². The average molecular weight is 410 g/mol. The zero-order chi connectivity index (χ0) is 21.4. The highest BCUT2D eigenvalue weighted by molar-refractivity contribution is 5.67. The Balaban J connectivity index is 1.81. The van der Waals surface area contributed by atoms with Crippen molar-refractivity contribution in [2.45, 2.75) is 97.8 Å². The van der Waals surface area contributed by atoms with Crippen LogP contribution in [0.15, 0.2) is 42.6 Å². The average Bonchev–Trinajstić information content (AvgIpc) is 2.78. The summed E-state index contributed by atoms with van der Waals surface area (Å²) < 4.78 is 6.12. The number of aromatic nitrogens is 1. The fourth-order valence-corrected chi connectivity index (χ4v) is 3.80. The molecule has 166 valence electrons. The van der Waals surface area contributed by atoms with Crippen molar-refractivity contribution in [2.24, 2.45) is 5.92 Å². The minimum atomic E-state index is 0.704. The molecule has 30 heavy (non-hydrogen) atoms. The Labute approximate surface area is 185 Å². The molecule has 1 atom stereocenters. The van der Waals surface area contributed by atoms with Gasteiger partial charge in [-0.15, -0.1) is 0 Å². The molecule has 2 aromatic rings. The molecule has 2 rings (SSSR count). The summed E-state index contributed by atoms with van der Waals surface area (Å²) in [5.74, 6) is 1.66. The molecule has 0 spiro atoms. The minimum Gasteiger partial charge on any atom is -0.493 e. The van der Waals surface area contributed by atoms with E-state index >= 15 is 0 Å². The standard InChI is InChI=1S/C28H43NO/c1-4-6-7-8-9-10-11-12-13-16-25-19-21-29-27(23-25)26-17-14-15-18-28(26)30-22-20-24(3)5-2/h14-15,17-19,21,23-24H,4-13,16,20,22H2,1-3H3. The molecule has 0 aliphatic carbocycles. The number of aryl methyl sites for hydroxylation is 1. The third kappa shape index (κ3) is 9.32. The molecule has 0 N–H and O–H groups in total. The number of benzene rings is 1. The van der Waals surface area contributed by atoms with Gasteiger partial charge in [-0.2, -0.15) is 0 Å². The maximum absolute atomic E-state index is 6.12. The third-order valence-corrected chi connectivity index (χ3v) is 6.12. The van der Waals surface area contributed by atoms with Crippen LogP contribution in [0, 0.1) is 5.92 Å². The van der Waals surface area contributed by atoms with E-state index in [1.807, 2.05) is 12.3 Å². The summed E-state index contributed by atoms with van der Waals surface area (Å²) in [6.45, 7) is 7.57. The molecule has 0 aliphatic heterocycles. The van der Waals surface area contributed by atoms with E-state index < -0.39 is 0 Å². The van der Waals surface area contributed by atoms with E-state index in [4.69, 9.17) is 4.74 Å². The second kappa shape index (κ2) is 15.0. The SMILES string of the molecule is CCCCCCCCCCCc1ccnc(-c2ccccc2OCCC(C)CC)c1. The summed E-state index contributed by atoms with van der Waals surface area (Å²) in [4.78, 5) is 4.64. The Morgan fingerprint density at radius 2 is 1.57 bits per heavy atom. The summed E-state index contributed by atoms with van der Waals surface area (Å²) in [6, 6.07) is 12.7. The van der Waals surface area contributed by atoms with Gasteiger partial charge in [0.2, 0.25) is 0 Å². The molecule has 2 nitrogen and oxygen atoms in total. The van der Waals surface area contributed by atoms with Crippen molar-refractivity contribution in [3.05, 3.63) is 48.2 Å². The van der Waals surface area contributed by atoms with Gasteiger partial charge in [-0.3, -0.25) is 4.98 Å². The molecule has 1 heterocycles. The highest BCUT2D eigenvalue weighted by Crippen LogP contribution is 2.29. The van der Waals surface area contributed by atoms with E-state index in [2.05, 4.69) is 56.1 Å². The van der Waals surface area contributed by atoms with Gasteiger partial charge < -0.3 is 4.74 Å². The van der Waals surface area contributed by atoms with Gasteiger partial charge in [-0.1, -0.05) is 90.7 Å². The van der Waals surface area contributed by atoms with Crippen LogP contribution in [0.2, 0.25) is 0 Å². The molecule has 0 saturated heterocycles. The molecule has 0 aliphatic rings. The van der Waals surface area contributed by atoms with Gasteiger partial charge in [-0.25, -0.2) is 0 Å². The van der Waals surface area contributed by atoms with Crippen LogP contribution in [0.5, 0.6) is 5.75 Å². The van der Waals surface area contributed by atoms with Crippen LogP contribution >= 0.6 is 0 Å². The fourth-order valence-electron chi connectivity index (χ4n) is 3.80. The van der Waals surface area contributed by atoms with Crippen molar-refractivity contribution in [1.82, 2.24) is 4.98 Å². The summed E-state index contributed by atoms with van der Waals surface area (Å²) in [6.07, 6.45) is 17.7. The van der Waals surface area contributed by atoms with Crippen molar-refractivity contribution in [1.29, 1.82) is 0 Å². The number of para-hydroxylation sites is 1. The summed E-state index contributed by atoms with van der Waals surface area (Å²) in [5.41, 5.74) is 3.52. The summed E-state index contributed by atoms with van der Waals surface area (Å²) in [5, 5.41) is 0. The van der Waals surface area contributed by atoms with Crippen LogP contribution in [0.4, 0.5) is 0 Å². The lowest BCUT2D eigenvalue weighted by molar-refractivity contribution is 0.282. The van der Waals surface area contributed by atoms with E-state index in [0.717, 1.165) is 36.5 Å².